The highest BCUT2D eigenvalue weighted by Gasteiger charge is 2.12. The van der Waals surface area contributed by atoms with Crippen LogP contribution >= 0.6 is 0 Å². The van der Waals surface area contributed by atoms with Gasteiger partial charge in [0.15, 0.2) is 5.75 Å². The van der Waals surface area contributed by atoms with Gasteiger partial charge in [-0.05, 0) is 19.1 Å². The van der Waals surface area contributed by atoms with E-state index in [1.54, 1.807) is 30.7 Å². The Kier molecular flexibility index (Phi) is 3.84. The van der Waals surface area contributed by atoms with E-state index in [1.165, 1.54) is 18.5 Å². The Labute approximate surface area is 115 Å². The van der Waals surface area contributed by atoms with E-state index in [0.29, 0.717) is 17.0 Å². The number of pyridine rings is 2. The van der Waals surface area contributed by atoms with Gasteiger partial charge < -0.3 is 15.0 Å². The van der Waals surface area contributed by atoms with Crippen LogP contribution in [0.2, 0.25) is 0 Å². The summed E-state index contributed by atoms with van der Waals surface area (Å²) in [6, 6.07) is 4.53. The fourth-order valence-corrected chi connectivity index (χ4v) is 1.84. The molecule has 0 saturated heterocycles. The molecule has 2 rings (SSSR count). The molecule has 0 unspecified atom stereocenters. The molecule has 2 heterocycles. The van der Waals surface area contributed by atoms with Crippen LogP contribution in [0.4, 0.5) is 0 Å². The van der Waals surface area contributed by atoms with Gasteiger partial charge in [-0.25, -0.2) is 0 Å². The lowest BCUT2D eigenvalue weighted by Crippen LogP contribution is -2.26. The van der Waals surface area contributed by atoms with Crippen LogP contribution in [0.25, 0.3) is 0 Å². The Balaban J connectivity index is 2.20. The van der Waals surface area contributed by atoms with Crippen LogP contribution in [0.3, 0.4) is 0 Å². The normalized spacial score (nSPS) is 10.3. The van der Waals surface area contributed by atoms with E-state index < -0.39 is 5.43 Å². The molecule has 2 aromatic heterocycles. The summed E-state index contributed by atoms with van der Waals surface area (Å²) in [5.41, 5.74) is 1.10. The number of carbonyl (C=O) groups excluding carboxylic acids is 1. The first kappa shape index (κ1) is 13.8. The van der Waals surface area contributed by atoms with E-state index in [-0.39, 0.29) is 18.2 Å². The molecule has 0 saturated carbocycles. The smallest absolute Gasteiger partial charge is 0.251 e. The van der Waals surface area contributed by atoms with Gasteiger partial charge in [0.25, 0.3) is 5.91 Å². The molecule has 0 bridgehead atoms. The number of hydrogen-bond donors (Lipinski definition) is 2. The molecule has 0 aliphatic heterocycles. The summed E-state index contributed by atoms with van der Waals surface area (Å²) in [6.07, 6.45) is 3.05. The third-order valence-corrected chi connectivity index (χ3v) is 3.14. The van der Waals surface area contributed by atoms with Gasteiger partial charge in [0, 0.05) is 36.8 Å². The van der Waals surface area contributed by atoms with Crippen LogP contribution in [-0.4, -0.2) is 20.6 Å². The Morgan fingerprint density at radius 2 is 2.05 bits per heavy atom. The van der Waals surface area contributed by atoms with Crippen molar-refractivity contribution in [3.8, 4) is 5.75 Å². The zero-order valence-electron chi connectivity index (χ0n) is 11.3. The monoisotopic (exact) mass is 273 g/mol. The number of rotatable bonds is 3. The molecular weight excluding hydrogens is 258 g/mol. The molecule has 0 aliphatic rings. The summed E-state index contributed by atoms with van der Waals surface area (Å²) < 4.78 is 1.67. The zero-order valence-corrected chi connectivity index (χ0v) is 11.3. The Morgan fingerprint density at radius 1 is 1.40 bits per heavy atom. The Hall–Kier alpha value is -2.63. The third kappa shape index (κ3) is 2.69. The number of hydrogen-bond acceptors (Lipinski definition) is 4. The Morgan fingerprint density at radius 3 is 2.70 bits per heavy atom. The Bertz CT molecular complexity index is 693. The van der Waals surface area contributed by atoms with Crippen molar-refractivity contribution in [1.82, 2.24) is 14.9 Å². The van der Waals surface area contributed by atoms with Crippen LogP contribution in [0.5, 0.6) is 5.75 Å². The molecule has 20 heavy (non-hydrogen) atoms. The van der Waals surface area contributed by atoms with Crippen molar-refractivity contribution in [1.29, 1.82) is 0 Å². The molecule has 0 spiro atoms. The van der Waals surface area contributed by atoms with E-state index >= 15 is 0 Å². The second kappa shape index (κ2) is 5.56. The molecule has 2 N–H and O–H groups in total. The maximum absolute atomic E-state index is 11.9. The van der Waals surface area contributed by atoms with Gasteiger partial charge in [0.05, 0.1) is 12.2 Å². The quantitative estimate of drug-likeness (QED) is 0.863. The summed E-state index contributed by atoms with van der Waals surface area (Å²) in [7, 11) is 1.72. The molecule has 0 aromatic carbocycles. The standard InChI is InChI=1S/C14H15N3O3/c1-9-7-12(18)13(19)11(17(9)2)8-16-14(20)10-3-5-15-6-4-10/h3-7,19H,8H2,1-2H3,(H,16,20). The summed E-state index contributed by atoms with van der Waals surface area (Å²) >= 11 is 0. The molecular formula is C14H15N3O3. The minimum Gasteiger partial charge on any atom is -0.503 e. The predicted octanol–water partition coefficient (Wildman–Crippen LogP) is 0.724. The predicted molar refractivity (Wildman–Crippen MR) is 73.5 cm³/mol. The lowest BCUT2D eigenvalue weighted by atomic mass is 10.2. The van der Waals surface area contributed by atoms with E-state index in [0.717, 1.165) is 0 Å². The van der Waals surface area contributed by atoms with E-state index in [9.17, 15) is 14.7 Å². The van der Waals surface area contributed by atoms with Gasteiger partial charge in [0.1, 0.15) is 0 Å². The van der Waals surface area contributed by atoms with Gasteiger partial charge in [-0.2, -0.15) is 0 Å². The van der Waals surface area contributed by atoms with E-state index in [1.807, 2.05) is 0 Å². The first-order valence-electron chi connectivity index (χ1n) is 6.07. The molecule has 0 aliphatic carbocycles. The number of nitrogens with zero attached hydrogens (tertiary/aromatic N) is 2. The average molecular weight is 273 g/mol. The maximum atomic E-state index is 11.9. The topological polar surface area (TPSA) is 84.2 Å². The molecule has 6 heteroatoms. The highest BCUT2D eigenvalue weighted by molar-refractivity contribution is 5.93. The van der Waals surface area contributed by atoms with Crippen LogP contribution in [0.1, 0.15) is 21.7 Å². The fourth-order valence-electron chi connectivity index (χ4n) is 1.84. The van der Waals surface area contributed by atoms with Gasteiger partial charge in [-0.1, -0.05) is 0 Å². The number of amides is 1. The average Bonchev–Trinajstić information content (AvgIpc) is 2.46. The SMILES string of the molecule is Cc1cc(=O)c(O)c(CNC(=O)c2ccncc2)n1C. The van der Waals surface area contributed by atoms with Crippen molar-refractivity contribution >= 4 is 5.91 Å². The number of aromatic hydroxyl groups is 1. The van der Waals surface area contributed by atoms with E-state index in [4.69, 9.17) is 0 Å². The number of aryl methyl sites for hydroxylation is 1. The van der Waals surface area contributed by atoms with Crippen LogP contribution < -0.4 is 10.7 Å². The van der Waals surface area contributed by atoms with Crippen molar-refractivity contribution in [3.05, 3.63) is 57.8 Å². The van der Waals surface area contributed by atoms with Gasteiger partial charge in [-0.15, -0.1) is 0 Å². The first-order valence-corrected chi connectivity index (χ1v) is 6.07. The highest BCUT2D eigenvalue weighted by atomic mass is 16.3. The molecule has 1 amide bonds. The summed E-state index contributed by atoms with van der Waals surface area (Å²) in [5, 5.41) is 12.5. The molecule has 104 valence electrons. The number of aromatic nitrogens is 2. The second-order valence-corrected chi connectivity index (χ2v) is 4.42. The molecule has 0 fully saturated rings. The van der Waals surface area contributed by atoms with Gasteiger partial charge in [0.2, 0.25) is 5.43 Å². The molecule has 6 nitrogen and oxygen atoms in total. The van der Waals surface area contributed by atoms with Crippen molar-refractivity contribution in [3.63, 3.8) is 0 Å². The van der Waals surface area contributed by atoms with Gasteiger partial charge in [-0.3, -0.25) is 14.6 Å². The van der Waals surface area contributed by atoms with Crippen molar-refractivity contribution in [2.24, 2.45) is 7.05 Å². The fraction of sp³-hybridized carbons (Fsp3) is 0.214. The molecule has 0 atom stereocenters. The minimum absolute atomic E-state index is 0.0699. The van der Waals surface area contributed by atoms with Crippen LogP contribution in [0, 0.1) is 6.92 Å². The zero-order chi connectivity index (χ0) is 14.7. The second-order valence-electron chi connectivity index (χ2n) is 4.42. The van der Waals surface area contributed by atoms with Gasteiger partial charge >= 0.3 is 0 Å². The largest absolute Gasteiger partial charge is 0.503 e. The maximum Gasteiger partial charge on any atom is 0.251 e. The molecule has 2 aromatic rings. The number of nitrogens with one attached hydrogen (secondary N) is 1. The minimum atomic E-state index is -0.450. The van der Waals surface area contributed by atoms with Crippen LogP contribution in [0.15, 0.2) is 35.4 Å². The summed E-state index contributed by atoms with van der Waals surface area (Å²) in [4.78, 5) is 27.3. The lowest BCUT2D eigenvalue weighted by Gasteiger charge is -2.14. The molecule has 0 radical (unpaired) electrons. The van der Waals surface area contributed by atoms with Crippen LogP contribution in [-0.2, 0) is 13.6 Å². The third-order valence-electron chi connectivity index (χ3n) is 3.14. The number of carbonyl (C=O) groups is 1. The van der Waals surface area contributed by atoms with Crippen molar-refractivity contribution in [2.45, 2.75) is 13.5 Å². The highest BCUT2D eigenvalue weighted by Crippen LogP contribution is 2.12. The van der Waals surface area contributed by atoms with Crippen molar-refractivity contribution in [2.75, 3.05) is 0 Å². The van der Waals surface area contributed by atoms with E-state index in [2.05, 4.69) is 10.3 Å². The first-order chi connectivity index (χ1) is 9.50. The summed E-state index contributed by atoms with van der Waals surface area (Å²) in [6.45, 7) is 1.83. The lowest BCUT2D eigenvalue weighted by molar-refractivity contribution is 0.0949. The van der Waals surface area contributed by atoms with Crippen molar-refractivity contribution < 1.29 is 9.90 Å². The summed E-state index contributed by atoms with van der Waals surface area (Å²) in [5.74, 6) is -0.631.